The molecule has 0 atom stereocenters. The molecule has 0 saturated carbocycles. The minimum absolute atomic E-state index is 0.119. The molecule has 9 heteroatoms. The lowest BCUT2D eigenvalue weighted by atomic mass is 9.93. The van der Waals surface area contributed by atoms with Crippen LogP contribution in [0, 0.1) is 5.41 Å². The van der Waals surface area contributed by atoms with E-state index in [0.717, 1.165) is 25.0 Å². The number of hydroxylamine groups is 1. The predicted molar refractivity (Wildman–Crippen MR) is 139 cm³/mol. The van der Waals surface area contributed by atoms with Crippen molar-refractivity contribution in [2.75, 3.05) is 19.8 Å². The molecule has 0 radical (unpaired) electrons. The van der Waals surface area contributed by atoms with Gasteiger partial charge in [-0.1, -0.05) is 67.2 Å². The van der Waals surface area contributed by atoms with Gasteiger partial charge in [-0.3, -0.25) is 10.3 Å². The second-order valence-corrected chi connectivity index (χ2v) is 11.2. The quantitative estimate of drug-likeness (QED) is 0.154. The lowest BCUT2D eigenvalue weighted by Crippen LogP contribution is -2.33. The summed E-state index contributed by atoms with van der Waals surface area (Å²) in [5, 5.41) is 0.762. The first-order valence-corrected chi connectivity index (χ1v) is 12.3. The Balaban J connectivity index is 2.38. The smallest absolute Gasteiger partial charge is 0.156 e. The molecule has 0 aliphatic carbocycles. The molecule has 1 rings (SSSR count). The van der Waals surface area contributed by atoms with Crippen molar-refractivity contribution in [3.63, 3.8) is 0 Å². The van der Waals surface area contributed by atoms with Gasteiger partial charge in [-0.25, -0.2) is 0 Å². The Morgan fingerprint density at radius 3 is 2.06 bits per heavy atom. The van der Waals surface area contributed by atoms with Crippen LogP contribution in [0.5, 0.6) is 11.5 Å². The molecule has 1 aromatic rings. The van der Waals surface area contributed by atoms with Gasteiger partial charge >= 0.3 is 0 Å². The fourth-order valence-corrected chi connectivity index (χ4v) is 3.00. The highest BCUT2D eigenvalue weighted by Crippen LogP contribution is 2.37. The maximum atomic E-state index is 6.28. The summed E-state index contributed by atoms with van der Waals surface area (Å²) in [7, 11) is 0. The fourth-order valence-electron chi connectivity index (χ4n) is 2.30. The molecule has 0 aliphatic rings. The molecular weight excluding hydrogens is 508 g/mol. The van der Waals surface area contributed by atoms with Crippen LogP contribution in [0.15, 0.2) is 34.7 Å². The Hall–Kier alpha value is -0.980. The van der Waals surface area contributed by atoms with E-state index in [1.807, 2.05) is 20.8 Å². The van der Waals surface area contributed by atoms with Gasteiger partial charge in [0.1, 0.15) is 23.1 Å². The van der Waals surface area contributed by atoms with E-state index in [9.17, 15) is 0 Å². The lowest BCUT2D eigenvalue weighted by molar-refractivity contribution is -0.0659. The minimum Gasteiger partial charge on any atom is -0.499 e. The van der Waals surface area contributed by atoms with Crippen molar-refractivity contribution < 1.29 is 19.0 Å². The molecule has 0 fully saturated rings. The summed E-state index contributed by atoms with van der Waals surface area (Å²) in [6.45, 7) is 13.6. The number of allylic oxidation sites excluding steroid dienone is 1. The molecule has 0 bridgehead atoms. The van der Waals surface area contributed by atoms with Crippen molar-refractivity contribution in [3.8, 4) is 11.5 Å². The van der Waals surface area contributed by atoms with Gasteiger partial charge in [-0.15, -0.1) is 0 Å². The first kappa shape index (κ1) is 30.1. The molecule has 1 aromatic carbocycles. The summed E-state index contributed by atoms with van der Waals surface area (Å²) in [5.74, 6) is 0.945. The van der Waals surface area contributed by atoms with Gasteiger partial charge in [-0.05, 0) is 46.1 Å². The summed E-state index contributed by atoms with van der Waals surface area (Å²) < 4.78 is 17.1. The summed E-state index contributed by atoms with van der Waals surface area (Å²) in [6.07, 6.45) is 5.93. The molecule has 5 nitrogen and oxygen atoms in total. The molecule has 0 spiro atoms. The van der Waals surface area contributed by atoms with Crippen molar-refractivity contribution in [3.05, 3.63) is 44.7 Å². The van der Waals surface area contributed by atoms with Crippen LogP contribution in [0.25, 0.3) is 0 Å². The number of unbranched alkanes of at least 4 members (excludes halogenated alkanes) is 2. The van der Waals surface area contributed by atoms with Crippen LogP contribution in [-0.2, 0) is 9.57 Å². The number of hydrogen-bond donors (Lipinski definition) is 1. The predicted octanol–water partition coefficient (Wildman–Crippen LogP) is 8.46. The van der Waals surface area contributed by atoms with Gasteiger partial charge in [0, 0.05) is 17.5 Å². The van der Waals surface area contributed by atoms with Gasteiger partial charge in [-0.2, -0.15) is 0 Å². The Kier molecular flexibility index (Phi) is 13.1. The first-order valence-electron chi connectivity index (χ1n) is 10.8. The van der Waals surface area contributed by atoms with Gasteiger partial charge in [0.15, 0.2) is 5.75 Å². The van der Waals surface area contributed by atoms with Crippen LogP contribution in [0.3, 0.4) is 0 Å². The number of halogens is 4. The van der Waals surface area contributed by atoms with Crippen molar-refractivity contribution in [1.29, 1.82) is 0 Å². The van der Waals surface area contributed by atoms with E-state index in [2.05, 4.69) is 26.3 Å². The van der Waals surface area contributed by atoms with Crippen molar-refractivity contribution in [1.82, 2.24) is 5.48 Å². The topological polar surface area (TPSA) is 49.0 Å². The normalized spacial score (nSPS) is 12.4. The number of nitrogens with one attached hydrogen (secondary N) is 1. The van der Waals surface area contributed by atoms with Gasteiger partial charge < -0.3 is 14.2 Å². The molecule has 188 valence electrons. The monoisotopic (exact) mass is 541 g/mol. The van der Waals surface area contributed by atoms with Crippen molar-refractivity contribution in [2.24, 2.45) is 5.41 Å². The molecule has 0 unspecified atom stereocenters. The molecular formula is C24H35Cl4NO4. The highest BCUT2D eigenvalue weighted by Gasteiger charge is 2.20. The molecule has 0 aliphatic heterocycles. The molecule has 0 amide bonds. The Bertz CT molecular complexity index is 772. The van der Waals surface area contributed by atoms with Gasteiger partial charge in [0.05, 0.1) is 34.6 Å². The number of rotatable bonds is 13. The average Bonchev–Trinajstić information content (AvgIpc) is 2.65. The number of hydrogen-bond acceptors (Lipinski definition) is 5. The van der Waals surface area contributed by atoms with Crippen LogP contribution >= 0.6 is 46.4 Å². The molecule has 0 saturated heterocycles. The van der Waals surface area contributed by atoms with E-state index in [0.29, 0.717) is 34.8 Å². The van der Waals surface area contributed by atoms with E-state index in [1.54, 1.807) is 18.4 Å². The highest BCUT2D eigenvalue weighted by molar-refractivity contribution is 6.55. The van der Waals surface area contributed by atoms with E-state index in [-0.39, 0.29) is 22.1 Å². The highest BCUT2D eigenvalue weighted by atomic mass is 35.5. The van der Waals surface area contributed by atoms with Gasteiger partial charge in [0.25, 0.3) is 0 Å². The second-order valence-electron chi connectivity index (χ2n) is 9.40. The van der Waals surface area contributed by atoms with Crippen LogP contribution in [-0.4, -0.2) is 25.4 Å². The van der Waals surface area contributed by atoms with E-state index < -0.39 is 0 Å². The molecule has 0 aromatic heterocycles. The molecule has 33 heavy (non-hydrogen) atoms. The van der Waals surface area contributed by atoms with E-state index in [4.69, 9.17) is 65.5 Å². The summed E-state index contributed by atoms with van der Waals surface area (Å²) in [6, 6.07) is 3.28. The van der Waals surface area contributed by atoms with Crippen LogP contribution in [0.1, 0.15) is 60.8 Å². The van der Waals surface area contributed by atoms with Crippen LogP contribution in [0.2, 0.25) is 10.0 Å². The standard InChI is InChI=1S/C24H35Cl4NO4/c1-23(2,3)20(29-33-24(4,5)6)16-30-11-8-7-9-12-32-22-18(25)14-17(15-19(22)26)31-13-10-21(27)28/h10,14-16,29H,7-9,11-13H2,1-6H3. The SMILES string of the molecule is CC(C)(C)ONC(=COCCCCCOc1c(Cl)cc(OCC=C(Cl)Cl)cc1Cl)C(C)(C)C. The van der Waals surface area contributed by atoms with Crippen LogP contribution < -0.4 is 15.0 Å². The second kappa shape index (κ2) is 14.4. The third kappa shape index (κ3) is 13.5. The zero-order valence-electron chi connectivity index (χ0n) is 20.2. The van der Waals surface area contributed by atoms with Crippen molar-refractivity contribution in [2.45, 2.75) is 66.4 Å². The van der Waals surface area contributed by atoms with Crippen LogP contribution in [0.4, 0.5) is 0 Å². The third-order valence-electron chi connectivity index (χ3n) is 4.09. The Morgan fingerprint density at radius 1 is 0.909 bits per heavy atom. The third-order valence-corrected chi connectivity index (χ3v) is 4.96. The van der Waals surface area contributed by atoms with E-state index in [1.165, 1.54) is 6.08 Å². The number of benzene rings is 1. The maximum Gasteiger partial charge on any atom is 0.156 e. The summed E-state index contributed by atoms with van der Waals surface area (Å²) in [5.41, 5.74) is 3.50. The fraction of sp³-hybridized carbons (Fsp3) is 0.583. The lowest BCUT2D eigenvalue weighted by Gasteiger charge is -2.28. The molecule has 1 N–H and O–H groups in total. The summed E-state index contributed by atoms with van der Waals surface area (Å²) in [4.78, 5) is 5.67. The Labute approximate surface area is 218 Å². The average molecular weight is 543 g/mol. The maximum absolute atomic E-state index is 6.28. The summed E-state index contributed by atoms with van der Waals surface area (Å²) >= 11 is 23.7. The zero-order chi connectivity index (χ0) is 25.1. The van der Waals surface area contributed by atoms with Gasteiger partial charge in [0.2, 0.25) is 0 Å². The first-order chi connectivity index (χ1) is 15.3. The molecule has 0 heterocycles. The van der Waals surface area contributed by atoms with E-state index >= 15 is 0 Å². The minimum atomic E-state index is -0.292. The zero-order valence-corrected chi connectivity index (χ0v) is 23.2. The Morgan fingerprint density at radius 2 is 1.52 bits per heavy atom. The van der Waals surface area contributed by atoms with Crippen molar-refractivity contribution >= 4 is 46.4 Å². The number of ether oxygens (including phenoxy) is 3. The largest absolute Gasteiger partial charge is 0.499 e.